The monoisotopic (exact) mass is 258 g/mol. The number of carbonyl (C=O) groups excluding carboxylic acids is 1. The van der Waals surface area contributed by atoms with E-state index in [0.717, 1.165) is 12.1 Å². The van der Waals surface area contributed by atoms with Crippen molar-refractivity contribution in [1.29, 1.82) is 0 Å². The number of benzene rings is 1. The van der Waals surface area contributed by atoms with Crippen molar-refractivity contribution in [3.8, 4) is 0 Å². The molecule has 1 aromatic heterocycles. The van der Waals surface area contributed by atoms with Gasteiger partial charge in [0.05, 0.1) is 6.20 Å². The van der Waals surface area contributed by atoms with Gasteiger partial charge in [-0.1, -0.05) is 31.9 Å². The van der Waals surface area contributed by atoms with Gasteiger partial charge in [0.2, 0.25) is 0 Å². The van der Waals surface area contributed by atoms with Crippen LogP contribution in [0.5, 0.6) is 0 Å². The maximum Gasteiger partial charge on any atom is 0.277 e. The highest BCUT2D eigenvalue weighted by molar-refractivity contribution is 6.02. The lowest BCUT2D eigenvalue weighted by Crippen LogP contribution is -2.12. The first-order chi connectivity index (χ1) is 9.29. The molecule has 0 bridgehead atoms. The summed E-state index contributed by atoms with van der Waals surface area (Å²) in [6, 6.07) is 7.93. The van der Waals surface area contributed by atoms with E-state index in [1.165, 1.54) is 31.0 Å². The van der Waals surface area contributed by atoms with Gasteiger partial charge in [0, 0.05) is 5.69 Å². The van der Waals surface area contributed by atoms with Gasteiger partial charge in [0.25, 0.3) is 5.91 Å². The van der Waals surface area contributed by atoms with E-state index in [9.17, 15) is 4.79 Å². The molecule has 0 saturated carbocycles. The Kier molecular flexibility index (Phi) is 4.66. The summed E-state index contributed by atoms with van der Waals surface area (Å²) in [6.07, 6.45) is 6.18. The van der Waals surface area contributed by atoms with Crippen LogP contribution in [0, 0.1) is 0 Å². The number of unbranched alkanes of at least 4 members (excludes halogenated alkanes) is 2. The van der Waals surface area contributed by atoms with Crippen LogP contribution in [0.4, 0.5) is 5.69 Å². The quantitative estimate of drug-likeness (QED) is 0.783. The van der Waals surface area contributed by atoms with Crippen LogP contribution < -0.4 is 5.32 Å². The van der Waals surface area contributed by atoms with Gasteiger partial charge in [0.1, 0.15) is 0 Å². The highest BCUT2D eigenvalue weighted by Crippen LogP contribution is 2.13. The van der Waals surface area contributed by atoms with Crippen LogP contribution in [0.1, 0.15) is 42.2 Å². The van der Waals surface area contributed by atoms with Gasteiger partial charge in [-0.25, -0.2) is 0 Å². The molecule has 0 fully saturated rings. The smallest absolute Gasteiger partial charge is 0.277 e. The number of aromatic nitrogens is 3. The molecule has 2 N–H and O–H groups in total. The molecular formula is C14H18N4O. The van der Waals surface area contributed by atoms with Crippen molar-refractivity contribution in [3.05, 3.63) is 41.7 Å². The normalized spacial score (nSPS) is 10.4. The molecule has 2 rings (SSSR count). The van der Waals surface area contributed by atoms with E-state index in [2.05, 4.69) is 27.7 Å². The zero-order chi connectivity index (χ0) is 13.5. The van der Waals surface area contributed by atoms with Crippen LogP contribution in [-0.4, -0.2) is 21.3 Å². The van der Waals surface area contributed by atoms with Gasteiger partial charge in [-0.15, -0.1) is 0 Å². The van der Waals surface area contributed by atoms with Crippen molar-refractivity contribution >= 4 is 11.6 Å². The second-order valence-corrected chi connectivity index (χ2v) is 4.46. The zero-order valence-electron chi connectivity index (χ0n) is 11.0. The molecule has 19 heavy (non-hydrogen) atoms. The molecule has 0 spiro atoms. The highest BCUT2D eigenvalue weighted by Gasteiger charge is 2.08. The molecule has 0 atom stereocenters. The molecule has 0 radical (unpaired) electrons. The van der Waals surface area contributed by atoms with E-state index >= 15 is 0 Å². The molecular weight excluding hydrogens is 240 g/mol. The number of aryl methyl sites for hydroxylation is 1. The first kappa shape index (κ1) is 13.3. The number of anilines is 1. The maximum atomic E-state index is 11.7. The SMILES string of the molecule is CCCCCc1ccc(NC(=O)c2cn[nH]n2)cc1. The summed E-state index contributed by atoms with van der Waals surface area (Å²) in [5.74, 6) is -0.257. The number of H-pyrrole nitrogens is 1. The Morgan fingerprint density at radius 3 is 2.68 bits per heavy atom. The molecule has 0 aliphatic rings. The number of rotatable bonds is 6. The summed E-state index contributed by atoms with van der Waals surface area (Å²) in [5.41, 5.74) is 2.35. The van der Waals surface area contributed by atoms with Gasteiger partial charge in [-0.3, -0.25) is 4.79 Å². The summed E-state index contributed by atoms with van der Waals surface area (Å²) in [5, 5.41) is 12.5. The summed E-state index contributed by atoms with van der Waals surface area (Å²) >= 11 is 0. The van der Waals surface area contributed by atoms with Crippen molar-refractivity contribution < 1.29 is 4.79 Å². The number of hydrogen-bond donors (Lipinski definition) is 2. The molecule has 2 aromatic rings. The van der Waals surface area contributed by atoms with Gasteiger partial charge < -0.3 is 5.32 Å². The van der Waals surface area contributed by atoms with Gasteiger partial charge in [0.15, 0.2) is 5.69 Å². The topological polar surface area (TPSA) is 70.7 Å². The molecule has 1 aromatic carbocycles. The van der Waals surface area contributed by atoms with E-state index in [1.807, 2.05) is 24.3 Å². The third kappa shape index (κ3) is 3.91. The number of aromatic amines is 1. The summed E-state index contributed by atoms with van der Waals surface area (Å²) < 4.78 is 0. The lowest BCUT2D eigenvalue weighted by molar-refractivity contribution is 0.102. The second kappa shape index (κ2) is 6.68. The third-order valence-electron chi connectivity index (χ3n) is 2.93. The Hall–Kier alpha value is -2.17. The van der Waals surface area contributed by atoms with Crippen molar-refractivity contribution in [2.75, 3.05) is 5.32 Å². The second-order valence-electron chi connectivity index (χ2n) is 4.46. The zero-order valence-corrected chi connectivity index (χ0v) is 11.0. The minimum atomic E-state index is -0.257. The Labute approximate surface area is 112 Å². The van der Waals surface area contributed by atoms with Crippen LogP contribution in [0.15, 0.2) is 30.5 Å². The van der Waals surface area contributed by atoms with E-state index in [-0.39, 0.29) is 11.6 Å². The lowest BCUT2D eigenvalue weighted by atomic mass is 10.1. The number of carbonyl (C=O) groups is 1. The Morgan fingerprint density at radius 1 is 1.26 bits per heavy atom. The van der Waals surface area contributed by atoms with Crippen molar-refractivity contribution in [1.82, 2.24) is 15.4 Å². The Morgan fingerprint density at radius 2 is 2.05 bits per heavy atom. The number of nitrogens with zero attached hydrogens (tertiary/aromatic N) is 2. The summed E-state index contributed by atoms with van der Waals surface area (Å²) in [7, 11) is 0. The molecule has 0 aliphatic heterocycles. The predicted molar refractivity (Wildman–Crippen MR) is 74.0 cm³/mol. The van der Waals surface area contributed by atoms with Crippen LogP contribution in [-0.2, 0) is 6.42 Å². The first-order valence-corrected chi connectivity index (χ1v) is 6.55. The van der Waals surface area contributed by atoms with Crippen LogP contribution in [0.3, 0.4) is 0 Å². The molecule has 5 nitrogen and oxygen atoms in total. The molecule has 0 aliphatic carbocycles. The van der Waals surface area contributed by atoms with Crippen molar-refractivity contribution in [2.45, 2.75) is 32.6 Å². The van der Waals surface area contributed by atoms with Crippen LogP contribution in [0.25, 0.3) is 0 Å². The average molecular weight is 258 g/mol. The predicted octanol–water partition coefficient (Wildman–Crippen LogP) is 2.79. The molecule has 100 valence electrons. The lowest BCUT2D eigenvalue weighted by Gasteiger charge is -2.05. The Balaban J connectivity index is 1.90. The van der Waals surface area contributed by atoms with Gasteiger partial charge >= 0.3 is 0 Å². The average Bonchev–Trinajstić information content (AvgIpc) is 2.95. The fraction of sp³-hybridized carbons (Fsp3) is 0.357. The standard InChI is InChI=1S/C14H18N4O/c1-2-3-4-5-11-6-8-12(9-7-11)16-14(19)13-10-15-18-17-13/h6-10H,2-5H2,1H3,(H,16,19)(H,15,17,18). The molecule has 1 amide bonds. The largest absolute Gasteiger partial charge is 0.321 e. The highest BCUT2D eigenvalue weighted by atomic mass is 16.2. The molecule has 0 saturated heterocycles. The fourth-order valence-electron chi connectivity index (χ4n) is 1.84. The number of hydrogen-bond acceptors (Lipinski definition) is 3. The van der Waals surface area contributed by atoms with Crippen molar-refractivity contribution in [2.24, 2.45) is 0 Å². The molecule has 1 heterocycles. The number of nitrogens with one attached hydrogen (secondary N) is 2. The van der Waals surface area contributed by atoms with E-state index < -0.39 is 0 Å². The molecule has 5 heteroatoms. The molecule has 0 unspecified atom stereocenters. The Bertz CT molecular complexity index is 505. The maximum absolute atomic E-state index is 11.7. The van der Waals surface area contributed by atoms with Crippen molar-refractivity contribution in [3.63, 3.8) is 0 Å². The summed E-state index contributed by atoms with van der Waals surface area (Å²) in [4.78, 5) is 11.7. The minimum Gasteiger partial charge on any atom is -0.321 e. The minimum absolute atomic E-state index is 0.257. The number of amides is 1. The van der Waals surface area contributed by atoms with Crippen LogP contribution in [0.2, 0.25) is 0 Å². The first-order valence-electron chi connectivity index (χ1n) is 6.55. The fourth-order valence-corrected chi connectivity index (χ4v) is 1.84. The van der Waals surface area contributed by atoms with E-state index in [1.54, 1.807) is 0 Å². The van der Waals surface area contributed by atoms with Gasteiger partial charge in [-0.2, -0.15) is 15.4 Å². The van der Waals surface area contributed by atoms with E-state index in [0.29, 0.717) is 0 Å². The third-order valence-corrected chi connectivity index (χ3v) is 2.93. The van der Waals surface area contributed by atoms with Crippen LogP contribution >= 0.6 is 0 Å². The summed E-state index contributed by atoms with van der Waals surface area (Å²) in [6.45, 7) is 2.20. The van der Waals surface area contributed by atoms with Gasteiger partial charge in [-0.05, 0) is 30.5 Å². The van der Waals surface area contributed by atoms with E-state index in [4.69, 9.17) is 0 Å².